The molecule has 15 heavy (non-hydrogen) atoms. The average molecular weight is 225 g/mol. The number of aryl methyl sites for hydroxylation is 1. The Morgan fingerprint density at radius 1 is 1.47 bits per heavy atom. The molecule has 0 unspecified atom stereocenters. The highest BCUT2D eigenvalue weighted by Gasteiger charge is 2.17. The van der Waals surface area contributed by atoms with Crippen LogP contribution in [0.2, 0.25) is 0 Å². The van der Waals surface area contributed by atoms with E-state index in [2.05, 4.69) is 4.98 Å². The maximum atomic E-state index is 11.7. The molecule has 2 rings (SSSR count). The number of hydrogen-bond donors (Lipinski definition) is 1. The number of nitrogens with zero attached hydrogens (tertiary/aromatic N) is 2. The third kappa shape index (κ3) is 2.47. The minimum absolute atomic E-state index is 0.246. The maximum Gasteiger partial charge on any atom is 0.224 e. The first-order valence-corrected chi connectivity index (χ1v) is 5.70. The van der Waals surface area contributed by atoms with Gasteiger partial charge < -0.3 is 14.5 Å². The lowest BCUT2D eigenvalue weighted by Gasteiger charge is -2.14. The van der Waals surface area contributed by atoms with Crippen molar-refractivity contribution in [2.75, 3.05) is 13.1 Å². The monoisotopic (exact) mass is 225 g/mol. The van der Waals surface area contributed by atoms with Crippen LogP contribution in [0, 0.1) is 4.77 Å². The number of hydrogen-bond acceptors (Lipinski definition) is 2. The van der Waals surface area contributed by atoms with Gasteiger partial charge in [0.2, 0.25) is 5.91 Å². The SMILES string of the molecule is O=C(CCn1cc[nH]c1=S)N1CCCC1. The number of carbonyl (C=O) groups is 1. The first kappa shape index (κ1) is 10.4. The predicted molar refractivity (Wildman–Crippen MR) is 60.0 cm³/mol. The minimum Gasteiger partial charge on any atom is -0.343 e. The second kappa shape index (κ2) is 4.61. The maximum absolute atomic E-state index is 11.7. The number of carbonyl (C=O) groups excluding carboxylic acids is 1. The van der Waals surface area contributed by atoms with Crippen molar-refractivity contribution in [1.29, 1.82) is 0 Å². The van der Waals surface area contributed by atoms with Crippen molar-refractivity contribution in [3.63, 3.8) is 0 Å². The van der Waals surface area contributed by atoms with E-state index in [4.69, 9.17) is 12.2 Å². The molecule has 0 radical (unpaired) electrons. The summed E-state index contributed by atoms with van der Waals surface area (Å²) in [5, 5.41) is 0. The Bertz CT molecular complexity index is 389. The van der Waals surface area contributed by atoms with Crippen molar-refractivity contribution in [3.05, 3.63) is 17.2 Å². The van der Waals surface area contributed by atoms with E-state index in [0.29, 0.717) is 17.7 Å². The molecule has 82 valence electrons. The van der Waals surface area contributed by atoms with E-state index < -0.39 is 0 Å². The van der Waals surface area contributed by atoms with Gasteiger partial charge in [-0.25, -0.2) is 0 Å². The Morgan fingerprint density at radius 2 is 2.20 bits per heavy atom. The van der Waals surface area contributed by atoms with Crippen molar-refractivity contribution in [3.8, 4) is 0 Å². The largest absolute Gasteiger partial charge is 0.343 e. The van der Waals surface area contributed by atoms with E-state index in [0.717, 1.165) is 25.9 Å². The molecule has 1 aliphatic heterocycles. The Morgan fingerprint density at radius 3 is 2.80 bits per heavy atom. The standard InChI is InChI=1S/C10H15N3OS/c14-9(12-5-1-2-6-12)3-7-13-8-4-11-10(13)15/h4,8H,1-3,5-7H2,(H,11,15). The summed E-state index contributed by atoms with van der Waals surface area (Å²) in [6, 6.07) is 0. The summed E-state index contributed by atoms with van der Waals surface area (Å²) < 4.78 is 2.58. The molecule has 1 aliphatic rings. The molecule has 0 saturated carbocycles. The second-order valence-corrected chi connectivity index (χ2v) is 4.18. The molecule has 5 heteroatoms. The van der Waals surface area contributed by atoms with Crippen molar-refractivity contribution >= 4 is 18.1 Å². The first-order valence-electron chi connectivity index (χ1n) is 5.29. The fourth-order valence-electron chi connectivity index (χ4n) is 1.87. The van der Waals surface area contributed by atoms with Crippen LogP contribution in [0.4, 0.5) is 0 Å². The highest BCUT2D eigenvalue weighted by molar-refractivity contribution is 7.71. The number of H-pyrrole nitrogens is 1. The van der Waals surface area contributed by atoms with E-state index in [1.54, 1.807) is 6.20 Å². The number of amides is 1. The molecule has 1 aromatic heterocycles. The molecular formula is C10H15N3OS. The smallest absolute Gasteiger partial charge is 0.224 e. The molecule has 2 heterocycles. The van der Waals surface area contributed by atoms with Crippen LogP contribution in [0.25, 0.3) is 0 Å². The van der Waals surface area contributed by atoms with Gasteiger partial charge in [-0.15, -0.1) is 0 Å². The van der Waals surface area contributed by atoms with Gasteiger partial charge in [0.15, 0.2) is 4.77 Å². The molecule has 1 saturated heterocycles. The molecule has 0 atom stereocenters. The third-order valence-corrected chi connectivity index (χ3v) is 3.10. The predicted octanol–water partition coefficient (Wildman–Crippen LogP) is 1.56. The molecule has 4 nitrogen and oxygen atoms in total. The molecule has 1 amide bonds. The van der Waals surface area contributed by atoms with Crippen LogP contribution in [-0.4, -0.2) is 33.4 Å². The zero-order chi connectivity index (χ0) is 10.7. The van der Waals surface area contributed by atoms with Gasteiger partial charge in [-0.3, -0.25) is 4.79 Å². The molecular weight excluding hydrogens is 210 g/mol. The Hall–Kier alpha value is -1.10. The number of likely N-dealkylation sites (tertiary alicyclic amines) is 1. The van der Waals surface area contributed by atoms with Crippen LogP contribution in [0.1, 0.15) is 19.3 Å². The number of imidazole rings is 1. The second-order valence-electron chi connectivity index (χ2n) is 3.80. The van der Waals surface area contributed by atoms with Crippen LogP contribution in [0.3, 0.4) is 0 Å². The summed E-state index contributed by atoms with van der Waals surface area (Å²) in [7, 11) is 0. The summed E-state index contributed by atoms with van der Waals surface area (Å²) in [4.78, 5) is 16.6. The molecule has 1 aromatic rings. The third-order valence-electron chi connectivity index (χ3n) is 2.75. The van der Waals surface area contributed by atoms with E-state index in [9.17, 15) is 4.79 Å². The summed E-state index contributed by atoms with van der Waals surface area (Å²) in [6.07, 6.45) is 6.51. The first-order chi connectivity index (χ1) is 7.27. The molecule has 0 aliphatic carbocycles. The quantitative estimate of drug-likeness (QED) is 0.793. The van der Waals surface area contributed by atoms with Gasteiger partial charge in [-0.1, -0.05) is 0 Å². The summed E-state index contributed by atoms with van der Waals surface area (Å²) in [5.41, 5.74) is 0. The van der Waals surface area contributed by atoms with Crippen LogP contribution >= 0.6 is 12.2 Å². The van der Waals surface area contributed by atoms with Gasteiger partial charge in [0.25, 0.3) is 0 Å². The van der Waals surface area contributed by atoms with Crippen LogP contribution < -0.4 is 0 Å². The normalized spacial score (nSPS) is 15.9. The summed E-state index contributed by atoms with van der Waals surface area (Å²) >= 11 is 5.05. The lowest BCUT2D eigenvalue weighted by molar-refractivity contribution is -0.130. The van der Waals surface area contributed by atoms with E-state index in [1.165, 1.54) is 0 Å². The summed E-state index contributed by atoms with van der Waals surface area (Å²) in [5.74, 6) is 0.246. The van der Waals surface area contributed by atoms with Gasteiger partial charge in [-0.2, -0.15) is 0 Å². The van der Waals surface area contributed by atoms with Gasteiger partial charge >= 0.3 is 0 Å². The highest BCUT2D eigenvalue weighted by Crippen LogP contribution is 2.09. The average Bonchev–Trinajstić information content (AvgIpc) is 2.85. The van der Waals surface area contributed by atoms with Crippen LogP contribution in [-0.2, 0) is 11.3 Å². The van der Waals surface area contributed by atoms with E-state index in [-0.39, 0.29) is 5.91 Å². The number of aromatic nitrogens is 2. The molecule has 0 bridgehead atoms. The van der Waals surface area contributed by atoms with Crippen molar-refractivity contribution in [2.45, 2.75) is 25.8 Å². The number of rotatable bonds is 3. The Labute approximate surface area is 93.9 Å². The lowest BCUT2D eigenvalue weighted by Crippen LogP contribution is -2.28. The van der Waals surface area contributed by atoms with Gasteiger partial charge in [0.1, 0.15) is 0 Å². The fraction of sp³-hybridized carbons (Fsp3) is 0.600. The van der Waals surface area contributed by atoms with Crippen LogP contribution in [0.5, 0.6) is 0 Å². The number of aromatic amines is 1. The zero-order valence-electron chi connectivity index (χ0n) is 8.61. The minimum atomic E-state index is 0.246. The highest BCUT2D eigenvalue weighted by atomic mass is 32.1. The topological polar surface area (TPSA) is 41.0 Å². The Balaban J connectivity index is 1.85. The van der Waals surface area contributed by atoms with E-state index in [1.807, 2.05) is 15.7 Å². The van der Waals surface area contributed by atoms with Crippen molar-refractivity contribution in [2.24, 2.45) is 0 Å². The van der Waals surface area contributed by atoms with Crippen molar-refractivity contribution in [1.82, 2.24) is 14.5 Å². The van der Waals surface area contributed by atoms with Gasteiger partial charge in [0.05, 0.1) is 0 Å². The number of nitrogens with one attached hydrogen (secondary N) is 1. The van der Waals surface area contributed by atoms with Crippen LogP contribution in [0.15, 0.2) is 12.4 Å². The Kier molecular flexibility index (Phi) is 3.20. The summed E-state index contributed by atoms with van der Waals surface area (Å²) in [6.45, 7) is 2.53. The van der Waals surface area contributed by atoms with Gasteiger partial charge in [-0.05, 0) is 25.1 Å². The lowest BCUT2D eigenvalue weighted by atomic mass is 10.3. The molecule has 0 spiro atoms. The molecule has 0 aromatic carbocycles. The van der Waals surface area contributed by atoms with Crippen molar-refractivity contribution < 1.29 is 4.79 Å². The van der Waals surface area contributed by atoms with Gasteiger partial charge in [0, 0.05) is 38.4 Å². The zero-order valence-corrected chi connectivity index (χ0v) is 9.42. The van der Waals surface area contributed by atoms with E-state index >= 15 is 0 Å². The molecule has 1 fully saturated rings. The fourth-order valence-corrected chi connectivity index (χ4v) is 2.09. The molecule has 1 N–H and O–H groups in total.